The fourth-order valence-electron chi connectivity index (χ4n) is 3.52. The molecule has 3 rings (SSSR count). The molecule has 0 saturated carbocycles. The topological polar surface area (TPSA) is 44.8 Å². The van der Waals surface area contributed by atoms with Crippen molar-refractivity contribution in [1.29, 1.82) is 0 Å². The summed E-state index contributed by atoms with van der Waals surface area (Å²) < 4.78 is 5.31. The Labute approximate surface area is 172 Å². The van der Waals surface area contributed by atoms with Crippen LogP contribution in [-0.4, -0.2) is 55.0 Å². The molecule has 0 radical (unpaired) electrons. The number of ether oxygens (including phenoxy) is 1. The van der Waals surface area contributed by atoms with Gasteiger partial charge in [0.05, 0.1) is 18.8 Å². The van der Waals surface area contributed by atoms with E-state index in [1.807, 2.05) is 6.92 Å². The monoisotopic (exact) mass is 401 g/mol. The molecule has 28 heavy (non-hydrogen) atoms. The molecule has 2 aromatic carbocycles. The van der Waals surface area contributed by atoms with Crippen molar-refractivity contribution in [2.24, 2.45) is 0 Å². The summed E-state index contributed by atoms with van der Waals surface area (Å²) in [6, 6.07) is 13.5. The van der Waals surface area contributed by atoms with Gasteiger partial charge in [-0.15, -0.1) is 0 Å². The molecule has 1 amide bonds. The van der Waals surface area contributed by atoms with E-state index in [1.54, 1.807) is 25.3 Å². The molecule has 1 aliphatic heterocycles. The predicted molar refractivity (Wildman–Crippen MR) is 114 cm³/mol. The number of methoxy groups -OCH3 is 1. The quantitative estimate of drug-likeness (QED) is 0.799. The molecular formula is C22H28ClN3O2. The molecule has 6 heteroatoms. The van der Waals surface area contributed by atoms with Crippen LogP contribution >= 0.6 is 11.6 Å². The summed E-state index contributed by atoms with van der Waals surface area (Å²) in [6.45, 7) is 8.70. The number of halogens is 1. The third kappa shape index (κ3) is 5.04. The minimum Gasteiger partial charge on any atom is -0.495 e. The number of benzene rings is 2. The lowest BCUT2D eigenvalue weighted by atomic mass is 10.1. The summed E-state index contributed by atoms with van der Waals surface area (Å²) >= 11 is 6.06. The van der Waals surface area contributed by atoms with Gasteiger partial charge in [-0.05, 0) is 43.2 Å². The third-order valence-corrected chi connectivity index (χ3v) is 5.64. The Hall–Kier alpha value is -2.08. The van der Waals surface area contributed by atoms with Gasteiger partial charge >= 0.3 is 0 Å². The van der Waals surface area contributed by atoms with Gasteiger partial charge in [-0.2, -0.15) is 0 Å². The average molecular weight is 402 g/mol. The zero-order chi connectivity index (χ0) is 20.1. The number of amides is 1. The highest BCUT2D eigenvalue weighted by Gasteiger charge is 2.26. The normalized spacial score (nSPS) is 16.6. The van der Waals surface area contributed by atoms with E-state index in [2.05, 4.69) is 46.3 Å². The molecule has 1 aliphatic rings. The molecule has 0 spiro atoms. The van der Waals surface area contributed by atoms with Crippen LogP contribution in [0.2, 0.25) is 5.02 Å². The van der Waals surface area contributed by atoms with E-state index in [9.17, 15) is 4.79 Å². The van der Waals surface area contributed by atoms with Crippen molar-refractivity contribution >= 4 is 23.2 Å². The fourth-order valence-corrected chi connectivity index (χ4v) is 3.69. The Morgan fingerprint density at radius 3 is 2.57 bits per heavy atom. The van der Waals surface area contributed by atoms with Gasteiger partial charge in [0.2, 0.25) is 5.91 Å². The molecule has 1 saturated heterocycles. The summed E-state index contributed by atoms with van der Waals surface area (Å²) in [7, 11) is 1.58. The van der Waals surface area contributed by atoms with Crippen LogP contribution in [0.5, 0.6) is 5.75 Å². The lowest BCUT2D eigenvalue weighted by Gasteiger charge is -2.37. The van der Waals surface area contributed by atoms with E-state index >= 15 is 0 Å². The van der Waals surface area contributed by atoms with E-state index in [0.717, 1.165) is 32.7 Å². The van der Waals surface area contributed by atoms with Crippen molar-refractivity contribution in [1.82, 2.24) is 9.80 Å². The van der Waals surface area contributed by atoms with Crippen LogP contribution in [0.1, 0.15) is 18.1 Å². The summed E-state index contributed by atoms with van der Waals surface area (Å²) in [6.07, 6.45) is 0. The van der Waals surface area contributed by atoms with E-state index < -0.39 is 0 Å². The highest BCUT2D eigenvalue weighted by Crippen LogP contribution is 2.28. The molecule has 1 heterocycles. The average Bonchev–Trinajstić information content (AvgIpc) is 2.70. The Morgan fingerprint density at radius 1 is 1.18 bits per heavy atom. The zero-order valence-electron chi connectivity index (χ0n) is 16.7. The van der Waals surface area contributed by atoms with Crippen molar-refractivity contribution in [2.45, 2.75) is 26.4 Å². The first-order chi connectivity index (χ1) is 13.5. The maximum atomic E-state index is 12.7. The first kappa shape index (κ1) is 20.6. The summed E-state index contributed by atoms with van der Waals surface area (Å²) in [4.78, 5) is 17.4. The number of nitrogens with one attached hydrogen (secondary N) is 1. The minimum atomic E-state index is -0.218. The van der Waals surface area contributed by atoms with Gasteiger partial charge in [0, 0.05) is 37.7 Å². The van der Waals surface area contributed by atoms with Gasteiger partial charge in [-0.25, -0.2) is 0 Å². The molecular weight excluding hydrogens is 374 g/mol. The molecule has 0 aliphatic carbocycles. The molecule has 2 aromatic rings. The number of anilines is 1. The minimum absolute atomic E-state index is 0.0482. The number of nitrogens with zero attached hydrogens (tertiary/aromatic N) is 2. The smallest absolute Gasteiger partial charge is 0.241 e. The highest BCUT2D eigenvalue weighted by atomic mass is 35.5. The molecule has 0 bridgehead atoms. The Kier molecular flexibility index (Phi) is 6.94. The summed E-state index contributed by atoms with van der Waals surface area (Å²) in [5, 5.41) is 3.52. The number of rotatable bonds is 6. The van der Waals surface area contributed by atoms with Gasteiger partial charge < -0.3 is 10.1 Å². The van der Waals surface area contributed by atoms with Crippen LogP contribution in [-0.2, 0) is 11.3 Å². The van der Waals surface area contributed by atoms with Gasteiger partial charge in [0.1, 0.15) is 5.75 Å². The molecule has 1 fully saturated rings. The SMILES string of the molecule is COc1ccc(Cl)cc1NC(=O)[C@@H](C)N1CCN(Cc2ccccc2C)CC1. The van der Waals surface area contributed by atoms with Crippen molar-refractivity contribution in [3.05, 3.63) is 58.6 Å². The predicted octanol–water partition coefficient (Wildman–Crippen LogP) is 3.80. The van der Waals surface area contributed by atoms with E-state index in [1.165, 1.54) is 11.1 Å². The maximum absolute atomic E-state index is 12.7. The number of carbonyl (C=O) groups excluding carboxylic acids is 1. The second kappa shape index (κ2) is 9.41. The Bertz CT molecular complexity index is 819. The standard InChI is InChI=1S/C22H28ClN3O2/c1-16-6-4-5-7-18(16)15-25-10-12-26(13-11-25)17(2)22(27)24-20-14-19(23)8-9-21(20)28-3/h4-9,14,17H,10-13,15H2,1-3H3,(H,24,27)/t17-/m1/s1. The lowest BCUT2D eigenvalue weighted by molar-refractivity contribution is -0.121. The van der Waals surface area contributed by atoms with Crippen LogP contribution in [0, 0.1) is 6.92 Å². The summed E-state index contributed by atoms with van der Waals surface area (Å²) in [5.74, 6) is 0.556. The maximum Gasteiger partial charge on any atom is 0.241 e. The molecule has 1 atom stereocenters. The van der Waals surface area contributed by atoms with Crippen LogP contribution in [0.4, 0.5) is 5.69 Å². The molecule has 1 N–H and O–H groups in total. The number of piperazine rings is 1. The Balaban J connectivity index is 1.55. The first-order valence-corrected chi connectivity index (χ1v) is 10.0. The number of carbonyl (C=O) groups is 1. The third-order valence-electron chi connectivity index (χ3n) is 5.41. The van der Waals surface area contributed by atoms with Crippen molar-refractivity contribution in [3.63, 3.8) is 0 Å². The van der Waals surface area contributed by atoms with Crippen LogP contribution in [0.15, 0.2) is 42.5 Å². The van der Waals surface area contributed by atoms with E-state index in [0.29, 0.717) is 16.5 Å². The Morgan fingerprint density at radius 2 is 1.89 bits per heavy atom. The van der Waals surface area contributed by atoms with Gasteiger partial charge in [-0.1, -0.05) is 35.9 Å². The van der Waals surface area contributed by atoms with E-state index in [-0.39, 0.29) is 11.9 Å². The van der Waals surface area contributed by atoms with Crippen LogP contribution in [0.3, 0.4) is 0 Å². The lowest BCUT2D eigenvalue weighted by Crippen LogP contribution is -2.52. The second-order valence-corrected chi connectivity index (χ2v) is 7.68. The first-order valence-electron chi connectivity index (χ1n) is 9.63. The van der Waals surface area contributed by atoms with Gasteiger partial charge in [-0.3, -0.25) is 14.6 Å². The van der Waals surface area contributed by atoms with Crippen LogP contribution < -0.4 is 10.1 Å². The van der Waals surface area contributed by atoms with Gasteiger partial charge in [0.15, 0.2) is 0 Å². The van der Waals surface area contributed by atoms with E-state index in [4.69, 9.17) is 16.3 Å². The highest BCUT2D eigenvalue weighted by molar-refractivity contribution is 6.31. The fraction of sp³-hybridized carbons (Fsp3) is 0.409. The molecule has 0 unspecified atom stereocenters. The number of aryl methyl sites for hydroxylation is 1. The zero-order valence-corrected chi connectivity index (χ0v) is 17.5. The van der Waals surface area contributed by atoms with Crippen molar-refractivity contribution in [2.75, 3.05) is 38.6 Å². The number of hydrogen-bond donors (Lipinski definition) is 1. The van der Waals surface area contributed by atoms with Crippen molar-refractivity contribution in [3.8, 4) is 5.75 Å². The van der Waals surface area contributed by atoms with Crippen LogP contribution in [0.25, 0.3) is 0 Å². The second-order valence-electron chi connectivity index (χ2n) is 7.25. The summed E-state index contributed by atoms with van der Waals surface area (Å²) in [5.41, 5.74) is 3.30. The molecule has 150 valence electrons. The largest absolute Gasteiger partial charge is 0.495 e. The van der Waals surface area contributed by atoms with Gasteiger partial charge in [0.25, 0.3) is 0 Å². The number of hydrogen-bond acceptors (Lipinski definition) is 4. The molecule has 0 aromatic heterocycles. The molecule has 5 nitrogen and oxygen atoms in total. The van der Waals surface area contributed by atoms with Crippen molar-refractivity contribution < 1.29 is 9.53 Å².